The molecule has 62 valence electrons. The monoisotopic (exact) mass is 180 g/mol. The van der Waals surface area contributed by atoms with Crippen molar-refractivity contribution < 1.29 is 17.3 Å². The number of hydrogen-bond donors (Lipinski definition) is 1. The minimum Gasteiger partial charge on any atom is -0.358 e. The molecule has 1 unspecified atom stereocenters. The van der Waals surface area contributed by atoms with Crippen molar-refractivity contribution in [1.82, 2.24) is 9.55 Å². The fraction of sp³-hybridized carbons (Fsp3) is 0.250. The highest BCUT2D eigenvalue weighted by Crippen LogP contribution is 2.08. The summed E-state index contributed by atoms with van der Waals surface area (Å²) in [5, 5.41) is 0. The van der Waals surface area contributed by atoms with Crippen LogP contribution in [0.2, 0.25) is 0 Å². The summed E-state index contributed by atoms with van der Waals surface area (Å²) in [7, 11) is 1.40. The molecule has 1 aromatic heterocycles. The Hall–Kier alpha value is -0.950. The molecule has 0 amide bonds. The number of rotatable bonds is 2. The van der Waals surface area contributed by atoms with E-state index in [1.54, 1.807) is 0 Å². The SMILES string of the molecule is Cn1cc(OS(=O)O)nc1F. The van der Waals surface area contributed by atoms with Crippen molar-refractivity contribution in [2.45, 2.75) is 0 Å². The molecule has 0 radical (unpaired) electrons. The fourth-order valence-corrected chi connectivity index (χ4v) is 0.757. The van der Waals surface area contributed by atoms with Crippen molar-refractivity contribution in [1.29, 1.82) is 0 Å². The maximum absolute atomic E-state index is 12.4. The van der Waals surface area contributed by atoms with Gasteiger partial charge in [0.15, 0.2) is 0 Å². The van der Waals surface area contributed by atoms with Gasteiger partial charge in [-0.1, -0.05) is 0 Å². The van der Waals surface area contributed by atoms with Gasteiger partial charge >= 0.3 is 11.4 Å². The summed E-state index contributed by atoms with van der Waals surface area (Å²) in [5.41, 5.74) is 0. The van der Waals surface area contributed by atoms with Crippen molar-refractivity contribution in [3.63, 3.8) is 0 Å². The molecule has 0 fully saturated rings. The topological polar surface area (TPSA) is 64.3 Å². The zero-order valence-corrected chi connectivity index (χ0v) is 6.34. The quantitative estimate of drug-likeness (QED) is 0.654. The van der Waals surface area contributed by atoms with Crippen LogP contribution in [0.1, 0.15) is 0 Å². The molecule has 11 heavy (non-hydrogen) atoms. The van der Waals surface area contributed by atoms with Gasteiger partial charge in [0.05, 0.1) is 6.20 Å². The van der Waals surface area contributed by atoms with Crippen LogP contribution in [-0.2, 0) is 18.4 Å². The lowest BCUT2D eigenvalue weighted by Gasteiger charge is -1.89. The van der Waals surface area contributed by atoms with Gasteiger partial charge in [0.2, 0.25) is 0 Å². The minimum atomic E-state index is -2.45. The van der Waals surface area contributed by atoms with E-state index in [0.717, 1.165) is 10.8 Å². The van der Waals surface area contributed by atoms with Gasteiger partial charge in [-0.3, -0.25) is 4.55 Å². The van der Waals surface area contributed by atoms with Crippen LogP contribution in [0.5, 0.6) is 5.88 Å². The van der Waals surface area contributed by atoms with E-state index < -0.39 is 17.4 Å². The van der Waals surface area contributed by atoms with Crippen LogP contribution >= 0.6 is 0 Å². The summed E-state index contributed by atoms with van der Waals surface area (Å²) >= 11 is -2.45. The molecule has 0 saturated heterocycles. The first kappa shape index (κ1) is 8.15. The van der Waals surface area contributed by atoms with Gasteiger partial charge in [0, 0.05) is 7.05 Å². The summed E-state index contributed by atoms with van der Waals surface area (Å²) < 4.78 is 35.8. The maximum Gasteiger partial charge on any atom is 0.359 e. The molecule has 1 N–H and O–H groups in total. The maximum atomic E-state index is 12.4. The molecule has 0 aliphatic carbocycles. The van der Waals surface area contributed by atoms with E-state index in [1.165, 1.54) is 7.05 Å². The second kappa shape index (κ2) is 2.97. The predicted molar refractivity (Wildman–Crippen MR) is 34.6 cm³/mol. The Bertz CT molecular complexity index is 267. The molecule has 0 bridgehead atoms. The molecular formula is C4H5FN2O3S. The standard InChI is InChI=1S/C4H5FN2O3S/c1-7-2-3(6-4(7)5)10-11(8)9/h2H,1H3,(H,8,9). The van der Waals surface area contributed by atoms with Gasteiger partial charge in [0.25, 0.3) is 12.0 Å². The van der Waals surface area contributed by atoms with Crippen molar-refractivity contribution in [3.8, 4) is 5.88 Å². The highest BCUT2D eigenvalue weighted by molar-refractivity contribution is 7.74. The van der Waals surface area contributed by atoms with Crippen LogP contribution in [0.15, 0.2) is 6.20 Å². The number of nitrogens with zero attached hydrogens (tertiary/aromatic N) is 2. The average Bonchev–Trinajstić information content (AvgIpc) is 2.10. The Balaban J connectivity index is 2.81. The van der Waals surface area contributed by atoms with E-state index in [2.05, 4.69) is 9.17 Å². The Morgan fingerprint density at radius 2 is 2.55 bits per heavy atom. The first-order chi connectivity index (χ1) is 5.09. The van der Waals surface area contributed by atoms with Gasteiger partial charge < -0.3 is 8.75 Å². The Labute approximate surface area is 64.3 Å². The molecule has 1 heterocycles. The zero-order chi connectivity index (χ0) is 8.43. The van der Waals surface area contributed by atoms with Crippen LogP contribution in [0.25, 0.3) is 0 Å². The van der Waals surface area contributed by atoms with E-state index in [4.69, 9.17) is 4.55 Å². The van der Waals surface area contributed by atoms with Crippen molar-refractivity contribution >= 4 is 11.4 Å². The van der Waals surface area contributed by atoms with Crippen LogP contribution in [0, 0.1) is 6.08 Å². The highest BCUT2D eigenvalue weighted by Gasteiger charge is 2.06. The zero-order valence-electron chi connectivity index (χ0n) is 5.52. The Morgan fingerprint density at radius 1 is 1.91 bits per heavy atom. The molecule has 5 nitrogen and oxygen atoms in total. The predicted octanol–water partition coefficient (Wildman–Crippen LogP) is 0.0747. The van der Waals surface area contributed by atoms with Crippen LogP contribution in [0.4, 0.5) is 4.39 Å². The summed E-state index contributed by atoms with van der Waals surface area (Å²) in [4.78, 5) is 3.17. The first-order valence-corrected chi connectivity index (χ1v) is 3.61. The van der Waals surface area contributed by atoms with E-state index in [0.29, 0.717) is 0 Å². The van der Waals surface area contributed by atoms with Crippen molar-refractivity contribution in [2.75, 3.05) is 0 Å². The molecule has 1 rings (SSSR count). The van der Waals surface area contributed by atoms with Gasteiger partial charge in [-0.15, -0.1) is 0 Å². The van der Waals surface area contributed by atoms with Gasteiger partial charge in [-0.05, 0) is 0 Å². The van der Waals surface area contributed by atoms with Crippen molar-refractivity contribution in [3.05, 3.63) is 12.3 Å². The second-order valence-corrected chi connectivity index (χ2v) is 2.36. The number of hydrogen-bond acceptors (Lipinski definition) is 3. The highest BCUT2D eigenvalue weighted by atomic mass is 32.2. The smallest absolute Gasteiger partial charge is 0.358 e. The van der Waals surface area contributed by atoms with Crippen LogP contribution in [0.3, 0.4) is 0 Å². The molecule has 0 aliphatic heterocycles. The fourth-order valence-electron chi connectivity index (χ4n) is 0.531. The lowest BCUT2D eigenvalue weighted by molar-refractivity contribution is 0.445. The van der Waals surface area contributed by atoms with Crippen LogP contribution < -0.4 is 4.18 Å². The summed E-state index contributed by atoms with van der Waals surface area (Å²) in [6.07, 6.45) is 0.383. The van der Waals surface area contributed by atoms with E-state index in [9.17, 15) is 8.60 Å². The van der Waals surface area contributed by atoms with E-state index in [-0.39, 0.29) is 5.88 Å². The van der Waals surface area contributed by atoms with Gasteiger partial charge in [0.1, 0.15) is 0 Å². The molecule has 7 heteroatoms. The molecule has 1 atom stereocenters. The lowest BCUT2D eigenvalue weighted by Crippen LogP contribution is -1.97. The third kappa shape index (κ3) is 1.99. The number of imidazole rings is 1. The largest absolute Gasteiger partial charge is 0.359 e. The molecule has 0 aliphatic rings. The minimum absolute atomic E-state index is 0.217. The molecule has 0 spiro atoms. The van der Waals surface area contributed by atoms with Gasteiger partial charge in [-0.2, -0.15) is 13.6 Å². The van der Waals surface area contributed by atoms with E-state index in [1.807, 2.05) is 0 Å². The third-order valence-electron chi connectivity index (χ3n) is 0.954. The Morgan fingerprint density at radius 3 is 2.91 bits per heavy atom. The average molecular weight is 180 g/mol. The summed E-state index contributed by atoms with van der Waals surface area (Å²) in [6, 6.07) is 0. The number of halogens is 1. The normalized spacial score (nSPS) is 13.0. The Kier molecular flexibility index (Phi) is 2.20. The van der Waals surface area contributed by atoms with Crippen molar-refractivity contribution in [2.24, 2.45) is 7.05 Å². The van der Waals surface area contributed by atoms with E-state index >= 15 is 0 Å². The number of aryl methyl sites for hydroxylation is 1. The van der Waals surface area contributed by atoms with Gasteiger partial charge in [-0.25, -0.2) is 0 Å². The van der Waals surface area contributed by atoms with Crippen LogP contribution in [-0.4, -0.2) is 18.3 Å². The summed E-state index contributed by atoms with van der Waals surface area (Å²) in [6.45, 7) is 0. The molecule has 0 saturated carbocycles. The molecule has 1 aromatic rings. The number of aromatic nitrogens is 2. The third-order valence-corrected chi connectivity index (χ3v) is 1.27. The lowest BCUT2D eigenvalue weighted by atomic mass is 10.8. The second-order valence-electron chi connectivity index (χ2n) is 1.76. The molecule has 0 aromatic carbocycles. The molecular weight excluding hydrogens is 175 g/mol. The first-order valence-electron chi connectivity index (χ1n) is 2.57. The summed E-state index contributed by atoms with van der Waals surface area (Å²) in [5.74, 6) is -0.217.